The minimum Gasteiger partial charge on any atom is -0.495 e. The highest BCUT2D eigenvalue weighted by atomic mass is 16.5. The van der Waals surface area contributed by atoms with Gasteiger partial charge in [-0.2, -0.15) is 0 Å². The largest absolute Gasteiger partial charge is 0.495 e. The Balaban J connectivity index is 1.73. The van der Waals surface area contributed by atoms with Gasteiger partial charge >= 0.3 is 6.03 Å². The molecule has 1 saturated heterocycles. The number of carbonyl (C=O) groups is 1. The molecule has 2 aromatic heterocycles. The number of urea groups is 1. The van der Waals surface area contributed by atoms with Gasteiger partial charge in [-0.3, -0.25) is 4.98 Å². The van der Waals surface area contributed by atoms with Crippen LogP contribution in [0.25, 0.3) is 0 Å². The smallest absolute Gasteiger partial charge is 0.318 e. The standard InChI is InChI=1S/C17H23N5O2/c1-12(13-6-7-18-11-15(13)24-2)21-17(23)22-10-4-3-5-14(22)16-19-8-9-20-16/h6-9,11-12,14H,3-5,10H2,1-2H3,(H,19,20)(H,21,23)/t12-,14+/m1/s1. The monoisotopic (exact) mass is 329 g/mol. The predicted molar refractivity (Wildman–Crippen MR) is 89.6 cm³/mol. The van der Waals surface area contributed by atoms with Crippen molar-refractivity contribution in [3.05, 3.63) is 42.2 Å². The van der Waals surface area contributed by atoms with Gasteiger partial charge in [0.15, 0.2) is 0 Å². The Bertz CT molecular complexity index is 673. The lowest BCUT2D eigenvalue weighted by Gasteiger charge is -2.35. The molecular formula is C17H23N5O2. The number of amides is 2. The molecule has 0 radical (unpaired) electrons. The molecular weight excluding hydrogens is 306 g/mol. The summed E-state index contributed by atoms with van der Waals surface area (Å²) in [5, 5.41) is 3.07. The molecule has 2 aromatic rings. The minimum absolute atomic E-state index is 0.000264. The fraction of sp³-hybridized carbons (Fsp3) is 0.471. The van der Waals surface area contributed by atoms with Gasteiger partial charge < -0.3 is 19.9 Å². The molecule has 3 rings (SSSR count). The zero-order chi connectivity index (χ0) is 16.9. The summed E-state index contributed by atoms with van der Waals surface area (Å²) in [6.45, 7) is 2.68. The second-order valence-electron chi connectivity index (χ2n) is 5.97. The molecule has 2 N–H and O–H groups in total. The van der Waals surface area contributed by atoms with Crippen LogP contribution in [0.15, 0.2) is 30.9 Å². The first-order valence-electron chi connectivity index (χ1n) is 8.25. The second kappa shape index (κ2) is 7.33. The van der Waals surface area contributed by atoms with E-state index in [2.05, 4.69) is 20.3 Å². The number of piperidine rings is 1. The third-order valence-corrected chi connectivity index (χ3v) is 4.44. The van der Waals surface area contributed by atoms with Crippen molar-refractivity contribution >= 4 is 6.03 Å². The van der Waals surface area contributed by atoms with Crippen LogP contribution in [0.4, 0.5) is 4.79 Å². The number of nitrogens with zero attached hydrogens (tertiary/aromatic N) is 3. The van der Waals surface area contributed by atoms with Crippen LogP contribution in [0, 0.1) is 0 Å². The quantitative estimate of drug-likeness (QED) is 0.903. The van der Waals surface area contributed by atoms with Crippen molar-refractivity contribution in [2.75, 3.05) is 13.7 Å². The predicted octanol–water partition coefficient (Wildman–Crippen LogP) is 2.81. The lowest BCUT2D eigenvalue weighted by molar-refractivity contribution is 0.145. The minimum atomic E-state index is -0.172. The van der Waals surface area contributed by atoms with E-state index in [1.165, 1.54) is 0 Å². The Kier molecular flexibility index (Phi) is 4.98. The molecule has 0 saturated carbocycles. The van der Waals surface area contributed by atoms with Gasteiger partial charge in [0.2, 0.25) is 0 Å². The molecule has 1 fully saturated rings. The average Bonchev–Trinajstić information content (AvgIpc) is 3.16. The number of pyridine rings is 1. The van der Waals surface area contributed by atoms with E-state index >= 15 is 0 Å². The van der Waals surface area contributed by atoms with Gasteiger partial charge in [0.1, 0.15) is 11.6 Å². The molecule has 0 bridgehead atoms. The number of carbonyl (C=O) groups excluding carboxylic acids is 1. The summed E-state index contributed by atoms with van der Waals surface area (Å²) in [5.41, 5.74) is 0.910. The molecule has 0 aliphatic carbocycles. The molecule has 1 aliphatic rings. The van der Waals surface area contributed by atoms with Crippen LogP contribution in [-0.4, -0.2) is 39.5 Å². The molecule has 24 heavy (non-hydrogen) atoms. The second-order valence-corrected chi connectivity index (χ2v) is 5.97. The molecule has 3 heterocycles. The van der Waals surface area contributed by atoms with Crippen molar-refractivity contribution in [2.45, 2.75) is 38.3 Å². The van der Waals surface area contributed by atoms with E-state index in [4.69, 9.17) is 4.74 Å². The number of ether oxygens (including phenoxy) is 1. The Morgan fingerprint density at radius 3 is 3.08 bits per heavy atom. The molecule has 0 unspecified atom stereocenters. The zero-order valence-corrected chi connectivity index (χ0v) is 14.0. The third kappa shape index (κ3) is 3.34. The number of H-pyrrole nitrogens is 1. The Morgan fingerprint density at radius 2 is 2.33 bits per heavy atom. The maximum absolute atomic E-state index is 12.8. The van der Waals surface area contributed by atoms with Gasteiger partial charge in [0, 0.05) is 30.7 Å². The van der Waals surface area contributed by atoms with Crippen LogP contribution in [-0.2, 0) is 0 Å². The Hall–Kier alpha value is -2.57. The summed E-state index contributed by atoms with van der Waals surface area (Å²) in [6.07, 6.45) is 9.92. The van der Waals surface area contributed by atoms with E-state index in [1.54, 1.807) is 31.9 Å². The summed E-state index contributed by atoms with van der Waals surface area (Å²) >= 11 is 0. The van der Waals surface area contributed by atoms with Crippen LogP contribution in [0.1, 0.15) is 49.7 Å². The number of methoxy groups -OCH3 is 1. The number of hydrogen-bond donors (Lipinski definition) is 2. The molecule has 2 amide bonds. The first-order valence-corrected chi connectivity index (χ1v) is 8.25. The van der Waals surface area contributed by atoms with Gasteiger partial charge in [0.25, 0.3) is 0 Å². The molecule has 7 nitrogen and oxygen atoms in total. The van der Waals surface area contributed by atoms with Crippen LogP contribution in [0.3, 0.4) is 0 Å². The van der Waals surface area contributed by atoms with Gasteiger partial charge in [0.05, 0.1) is 25.4 Å². The SMILES string of the molecule is COc1cnccc1[C@@H](C)NC(=O)N1CCCC[C@H]1c1ncc[nH]1. The maximum Gasteiger partial charge on any atom is 0.318 e. The zero-order valence-electron chi connectivity index (χ0n) is 14.0. The van der Waals surface area contributed by atoms with Crippen LogP contribution >= 0.6 is 0 Å². The fourth-order valence-corrected chi connectivity index (χ4v) is 3.18. The number of hydrogen-bond acceptors (Lipinski definition) is 4. The molecule has 2 atom stereocenters. The summed E-state index contributed by atoms with van der Waals surface area (Å²) < 4.78 is 5.33. The fourth-order valence-electron chi connectivity index (χ4n) is 3.18. The van der Waals surface area contributed by atoms with Crippen molar-refractivity contribution in [3.8, 4) is 5.75 Å². The van der Waals surface area contributed by atoms with Crippen molar-refractivity contribution < 1.29 is 9.53 Å². The van der Waals surface area contributed by atoms with E-state index in [1.807, 2.05) is 17.9 Å². The van der Waals surface area contributed by atoms with Gasteiger partial charge in [-0.05, 0) is 32.3 Å². The van der Waals surface area contributed by atoms with Crippen molar-refractivity contribution in [3.63, 3.8) is 0 Å². The number of imidazole rings is 1. The highest BCUT2D eigenvalue weighted by Crippen LogP contribution is 2.30. The average molecular weight is 329 g/mol. The Morgan fingerprint density at radius 1 is 1.46 bits per heavy atom. The Labute approximate surface area is 141 Å². The third-order valence-electron chi connectivity index (χ3n) is 4.44. The van der Waals surface area contributed by atoms with Gasteiger partial charge in [-0.25, -0.2) is 9.78 Å². The molecule has 7 heteroatoms. The molecule has 128 valence electrons. The number of rotatable bonds is 4. The summed E-state index contributed by atoms with van der Waals surface area (Å²) in [5.74, 6) is 1.52. The van der Waals surface area contributed by atoms with Gasteiger partial charge in [-0.15, -0.1) is 0 Å². The molecule has 0 aromatic carbocycles. The molecule has 0 spiro atoms. The lowest BCUT2D eigenvalue weighted by Crippen LogP contribution is -2.45. The normalized spacial score (nSPS) is 18.9. The highest BCUT2D eigenvalue weighted by molar-refractivity contribution is 5.75. The van der Waals surface area contributed by atoms with E-state index in [0.29, 0.717) is 5.75 Å². The topological polar surface area (TPSA) is 83.1 Å². The highest BCUT2D eigenvalue weighted by Gasteiger charge is 2.30. The number of aromatic amines is 1. The summed E-state index contributed by atoms with van der Waals surface area (Å²) in [6, 6.07) is 1.61. The number of nitrogens with one attached hydrogen (secondary N) is 2. The number of aromatic nitrogens is 3. The van der Waals surface area contributed by atoms with Gasteiger partial charge in [-0.1, -0.05) is 0 Å². The van der Waals surface area contributed by atoms with Crippen molar-refractivity contribution in [1.29, 1.82) is 0 Å². The number of likely N-dealkylation sites (tertiary alicyclic amines) is 1. The summed E-state index contributed by atoms with van der Waals surface area (Å²) in [4.78, 5) is 26.2. The van der Waals surface area contributed by atoms with E-state index < -0.39 is 0 Å². The summed E-state index contributed by atoms with van der Waals surface area (Å²) in [7, 11) is 1.60. The molecule has 1 aliphatic heterocycles. The van der Waals surface area contributed by atoms with Crippen molar-refractivity contribution in [1.82, 2.24) is 25.2 Å². The van der Waals surface area contributed by atoms with Crippen molar-refractivity contribution in [2.24, 2.45) is 0 Å². The van der Waals surface area contributed by atoms with Crippen LogP contribution in [0.2, 0.25) is 0 Å². The van der Waals surface area contributed by atoms with E-state index in [-0.39, 0.29) is 18.1 Å². The van der Waals surface area contributed by atoms with Crippen LogP contribution in [0.5, 0.6) is 5.75 Å². The first kappa shape index (κ1) is 16.3. The first-order chi connectivity index (χ1) is 11.7. The van der Waals surface area contributed by atoms with E-state index in [9.17, 15) is 4.79 Å². The maximum atomic E-state index is 12.8. The lowest BCUT2D eigenvalue weighted by atomic mass is 10.0. The van der Waals surface area contributed by atoms with Crippen LogP contribution < -0.4 is 10.1 Å². The van der Waals surface area contributed by atoms with E-state index in [0.717, 1.165) is 37.2 Å².